The van der Waals surface area contributed by atoms with Gasteiger partial charge in [-0.1, -0.05) is 38.8 Å². The van der Waals surface area contributed by atoms with Crippen molar-refractivity contribution >= 4 is 31.9 Å². The Morgan fingerprint density at radius 1 is 1.44 bits per heavy atom. The first-order valence-corrected chi connectivity index (χ1v) is 8.00. The maximum atomic E-state index is 5.29. The average molecular weight is 377 g/mol. The Morgan fingerprint density at radius 3 is 2.89 bits per heavy atom. The van der Waals surface area contributed by atoms with Gasteiger partial charge in [-0.2, -0.15) is 0 Å². The van der Waals surface area contributed by atoms with Crippen LogP contribution in [0.1, 0.15) is 18.9 Å². The van der Waals surface area contributed by atoms with Crippen LogP contribution in [0.2, 0.25) is 0 Å². The second-order valence-electron chi connectivity index (χ2n) is 4.97. The van der Waals surface area contributed by atoms with Gasteiger partial charge in [0.2, 0.25) is 0 Å². The van der Waals surface area contributed by atoms with Gasteiger partial charge in [0.05, 0.1) is 7.11 Å². The lowest BCUT2D eigenvalue weighted by molar-refractivity contribution is 0.183. The van der Waals surface area contributed by atoms with Crippen LogP contribution in [0.5, 0.6) is 5.75 Å². The zero-order valence-corrected chi connectivity index (χ0v) is 14.0. The van der Waals surface area contributed by atoms with Gasteiger partial charge in [0.15, 0.2) is 0 Å². The fourth-order valence-electron chi connectivity index (χ4n) is 2.39. The van der Waals surface area contributed by atoms with Crippen LogP contribution >= 0.6 is 31.9 Å². The molecule has 0 radical (unpaired) electrons. The zero-order chi connectivity index (χ0) is 13.1. The Morgan fingerprint density at radius 2 is 2.22 bits per heavy atom. The largest absolute Gasteiger partial charge is 0.497 e. The summed E-state index contributed by atoms with van der Waals surface area (Å²) in [7, 11) is 1.71. The highest BCUT2D eigenvalue weighted by Crippen LogP contribution is 2.28. The fraction of sp³-hybridized carbons (Fsp3) is 0.571. The maximum Gasteiger partial charge on any atom is 0.119 e. The molecule has 0 aromatic heterocycles. The Balaban J connectivity index is 2.05. The molecule has 4 heteroatoms. The van der Waals surface area contributed by atoms with Gasteiger partial charge >= 0.3 is 0 Å². The smallest absolute Gasteiger partial charge is 0.119 e. The highest BCUT2D eigenvalue weighted by atomic mass is 79.9. The number of rotatable bonds is 3. The lowest BCUT2D eigenvalue weighted by Crippen LogP contribution is -2.39. The molecule has 0 bridgehead atoms. The summed E-state index contributed by atoms with van der Waals surface area (Å²) in [6.45, 7) is 5.61. The van der Waals surface area contributed by atoms with E-state index < -0.39 is 0 Å². The summed E-state index contributed by atoms with van der Waals surface area (Å²) in [5.74, 6) is 1.64. The number of piperidine rings is 1. The van der Waals surface area contributed by atoms with Gasteiger partial charge in [-0.3, -0.25) is 4.90 Å². The summed E-state index contributed by atoms with van der Waals surface area (Å²) in [6, 6.07) is 6.17. The molecule has 2 nitrogen and oxygen atoms in total. The highest BCUT2D eigenvalue weighted by Gasteiger charge is 2.24. The predicted molar refractivity (Wildman–Crippen MR) is 82.5 cm³/mol. The Hall–Kier alpha value is -0.0600. The summed E-state index contributed by atoms with van der Waals surface area (Å²) in [6.07, 6.45) is 1.22. The third-order valence-electron chi connectivity index (χ3n) is 3.53. The predicted octanol–water partition coefficient (Wildman–Crippen LogP) is 4.06. The first kappa shape index (κ1) is 14.4. The van der Waals surface area contributed by atoms with Gasteiger partial charge in [0, 0.05) is 22.4 Å². The van der Waals surface area contributed by atoms with Crippen molar-refractivity contribution in [3.8, 4) is 5.75 Å². The van der Waals surface area contributed by atoms with E-state index in [4.69, 9.17) is 4.74 Å². The summed E-state index contributed by atoms with van der Waals surface area (Å²) in [5, 5.41) is 0. The van der Waals surface area contributed by atoms with Crippen molar-refractivity contribution in [3.05, 3.63) is 28.2 Å². The van der Waals surface area contributed by atoms with Crippen LogP contribution < -0.4 is 4.74 Å². The third kappa shape index (κ3) is 3.49. The van der Waals surface area contributed by atoms with Gasteiger partial charge < -0.3 is 4.74 Å². The van der Waals surface area contributed by atoms with Gasteiger partial charge in [-0.05, 0) is 42.6 Å². The molecular formula is C14H19Br2NO. The maximum absolute atomic E-state index is 5.29. The fourth-order valence-corrected chi connectivity index (χ4v) is 3.13. The van der Waals surface area contributed by atoms with Crippen LogP contribution in [0.4, 0.5) is 0 Å². The Kier molecular flexibility index (Phi) is 5.10. The molecule has 2 unspecified atom stereocenters. The summed E-state index contributed by atoms with van der Waals surface area (Å²) in [5.41, 5.74) is 1.30. The van der Waals surface area contributed by atoms with E-state index in [0.717, 1.165) is 29.9 Å². The number of likely N-dealkylation sites (tertiary alicyclic amines) is 1. The second-order valence-corrected chi connectivity index (χ2v) is 7.00. The van der Waals surface area contributed by atoms with Crippen molar-refractivity contribution in [1.29, 1.82) is 0 Å². The zero-order valence-electron chi connectivity index (χ0n) is 10.8. The molecule has 0 spiro atoms. The van der Waals surface area contributed by atoms with Gasteiger partial charge in [-0.15, -0.1) is 0 Å². The molecule has 1 fully saturated rings. The van der Waals surface area contributed by atoms with E-state index in [9.17, 15) is 0 Å². The molecule has 0 amide bonds. The molecule has 1 heterocycles. The summed E-state index contributed by atoms with van der Waals surface area (Å²) >= 11 is 7.37. The van der Waals surface area contributed by atoms with E-state index >= 15 is 0 Å². The standard InChI is InChI=1S/C14H19Br2NO/c1-10-8-17(6-5-13(10)15)9-11-7-12(18-2)3-4-14(11)16/h3-4,7,10,13H,5-6,8-9H2,1-2H3. The van der Waals surface area contributed by atoms with Gasteiger partial charge in [0.25, 0.3) is 0 Å². The van der Waals surface area contributed by atoms with Crippen LogP contribution in [-0.2, 0) is 6.54 Å². The van der Waals surface area contributed by atoms with Crippen LogP contribution in [-0.4, -0.2) is 29.9 Å². The van der Waals surface area contributed by atoms with E-state index in [0.29, 0.717) is 10.7 Å². The van der Waals surface area contributed by atoms with Crippen molar-refractivity contribution in [2.24, 2.45) is 5.92 Å². The third-order valence-corrected chi connectivity index (χ3v) is 5.67. The number of ether oxygens (including phenoxy) is 1. The van der Waals surface area contributed by atoms with E-state index in [1.54, 1.807) is 7.11 Å². The van der Waals surface area contributed by atoms with Crippen LogP contribution in [0, 0.1) is 5.92 Å². The van der Waals surface area contributed by atoms with E-state index in [1.807, 2.05) is 6.07 Å². The Labute approximate surface area is 126 Å². The molecule has 0 saturated carbocycles. The van der Waals surface area contributed by atoms with E-state index in [-0.39, 0.29) is 0 Å². The molecule has 18 heavy (non-hydrogen) atoms. The minimum Gasteiger partial charge on any atom is -0.497 e. The number of benzene rings is 1. The molecule has 1 aliphatic heterocycles. The van der Waals surface area contributed by atoms with Crippen molar-refractivity contribution in [2.45, 2.75) is 24.7 Å². The first-order chi connectivity index (χ1) is 8.60. The van der Waals surface area contributed by atoms with Crippen molar-refractivity contribution < 1.29 is 4.74 Å². The normalized spacial score (nSPS) is 25.1. The molecule has 1 aromatic carbocycles. The topological polar surface area (TPSA) is 12.5 Å². The average Bonchev–Trinajstić information content (AvgIpc) is 2.36. The summed E-state index contributed by atoms with van der Waals surface area (Å²) in [4.78, 5) is 3.18. The second kappa shape index (κ2) is 6.40. The molecule has 1 saturated heterocycles. The van der Waals surface area contributed by atoms with Crippen LogP contribution in [0.3, 0.4) is 0 Å². The van der Waals surface area contributed by atoms with Gasteiger partial charge in [-0.25, -0.2) is 0 Å². The number of hydrogen-bond donors (Lipinski definition) is 0. The molecule has 0 aliphatic carbocycles. The van der Waals surface area contributed by atoms with E-state index in [2.05, 4.69) is 55.8 Å². The number of nitrogens with zero attached hydrogens (tertiary/aromatic N) is 1. The SMILES string of the molecule is COc1ccc(Br)c(CN2CCC(Br)C(C)C2)c1. The lowest BCUT2D eigenvalue weighted by atomic mass is 9.99. The minimum absolute atomic E-state index is 0.669. The number of hydrogen-bond acceptors (Lipinski definition) is 2. The molecular weight excluding hydrogens is 358 g/mol. The molecule has 1 aromatic rings. The minimum atomic E-state index is 0.669. The van der Waals surface area contributed by atoms with E-state index in [1.165, 1.54) is 12.0 Å². The van der Waals surface area contributed by atoms with Crippen LogP contribution in [0.15, 0.2) is 22.7 Å². The first-order valence-electron chi connectivity index (χ1n) is 6.29. The number of halogens is 2. The quantitative estimate of drug-likeness (QED) is 0.737. The van der Waals surface area contributed by atoms with Crippen molar-refractivity contribution in [3.63, 3.8) is 0 Å². The highest BCUT2D eigenvalue weighted by molar-refractivity contribution is 9.10. The molecule has 2 atom stereocenters. The molecule has 100 valence electrons. The number of methoxy groups -OCH3 is 1. The monoisotopic (exact) mass is 375 g/mol. The van der Waals surface area contributed by atoms with Crippen LogP contribution in [0.25, 0.3) is 0 Å². The number of alkyl halides is 1. The van der Waals surface area contributed by atoms with Crippen molar-refractivity contribution in [1.82, 2.24) is 4.90 Å². The van der Waals surface area contributed by atoms with Gasteiger partial charge in [0.1, 0.15) is 5.75 Å². The van der Waals surface area contributed by atoms with Crippen molar-refractivity contribution in [2.75, 3.05) is 20.2 Å². The molecule has 1 aliphatic rings. The Bertz CT molecular complexity index is 411. The lowest BCUT2D eigenvalue weighted by Gasteiger charge is -2.34. The summed E-state index contributed by atoms with van der Waals surface area (Å²) < 4.78 is 6.45. The molecule has 0 N–H and O–H groups in total. The molecule has 2 rings (SSSR count).